The van der Waals surface area contributed by atoms with E-state index in [0.717, 1.165) is 91.6 Å². The summed E-state index contributed by atoms with van der Waals surface area (Å²) in [5.41, 5.74) is 11.3. The van der Waals surface area contributed by atoms with Gasteiger partial charge in [-0.2, -0.15) is 5.26 Å². The largest absolute Gasteiger partial charge is 0.496 e. The Labute approximate surface area is 311 Å². The SMILES string of the molecule is COc1cc2c(cc1OC)[C@@H]1Cc3ccc(OC)c(C#N)c3CN1CC2.COc1cc2c(cc1OC)[C@@H]1Cc3ccc(OC)c(C(C)=O)c3CN1CC2. The number of nitriles is 1. The molecule has 0 unspecified atom stereocenters. The standard InChI is InChI=1S/C22H25NO4.C21H22N2O3/c1-13(24)22-17-12-23-8-7-15-10-20(26-3)21(27-4)11-16(15)18(23)9-14(17)5-6-19(22)25-2;1-24-19-5-4-13-8-18-15-10-21(26-3)20(25-2)9-14(15)6-7-23(18)12-17(13)16(19)11-22/h5-6,10-11,18H,7-9,12H2,1-4H3;4-5,9-10,18H,6-8,12H2,1-3H3/t2*18-/m00/s1. The Bertz CT molecular complexity index is 2110. The molecule has 0 aromatic heterocycles. The fraction of sp³-hybridized carbons (Fsp3) is 0.395. The number of nitrogens with zero attached hydrogens (tertiary/aromatic N) is 3. The fourth-order valence-electron chi connectivity index (χ4n) is 8.77. The van der Waals surface area contributed by atoms with Crippen molar-refractivity contribution in [2.45, 2.75) is 57.8 Å². The van der Waals surface area contributed by atoms with Crippen molar-refractivity contribution in [3.63, 3.8) is 0 Å². The van der Waals surface area contributed by atoms with E-state index >= 15 is 0 Å². The number of methoxy groups -OCH3 is 6. The van der Waals surface area contributed by atoms with Gasteiger partial charge in [0.25, 0.3) is 0 Å². The minimum Gasteiger partial charge on any atom is -0.496 e. The van der Waals surface area contributed by atoms with Gasteiger partial charge in [0.05, 0.1) is 53.8 Å². The van der Waals surface area contributed by atoms with Crippen LogP contribution in [0.4, 0.5) is 0 Å². The number of carbonyl (C=O) groups is 1. The number of fused-ring (bicyclic) bond motifs is 8. The molecular weight excluding hydrogens is 670 g/mol. The van der Waals surface area contributed by atoms with Crippen LogP contribution >= 0.6 is 0 Å². The van der Waals surface area contributed by atoms with Crippen LogP contribution < -0.4 is 28.4 Å². The predicted molar refractivity (Wildman–Crippen MR) is 201 cm³/mol. The molecule has 10 heteroatoms. The molecule has 0 aliphatic carbocycles. The van der Waals surface area contributed by atoms with Crippen LogP contribution in [0.2, 0.25) is 0 Å². The van der Waals surface area contributed by atoms with E-state index in [0.29, 0.717) is 23.1 Å². The number of hydrogen-bond acceptors (Lipinski definition) is 10. The van der Waals surface area contributed by atoms with E-state index < -0.39 is 0 Å². The number of ether oxygens (including phenoxy) is 6. The molecule has 2 atom stereocenters. The van der Waals surface area contributed by atoms with Crippen LogP contribution in [-0.4, -0.2) is 71.3 Å². The third kappa shape index (κ3) is 6.42. The fourth-order valence-corrected chi connectivity index (χ4v) is 8.77. The highest BCUT2D eigenvalue weighted by atomic mass is 16.5. The maximum atomic E-state index is 12.3. The van der Waals surface area contributed by atoms with E-state index in [1.54, 1.807) is 49.6 Å². The maximum absolute atomic E-state index is 12.3. The van der Waals surface area contributed by atoms with Crippen LogP contribution in [0.3, 0.4) is 0 Å². The quantitative estimate of drug-likeness (QED) is 0.190. The Morgan fingerprint density at radius 3 is 1.49 bits per heavy atom. The molecule has 4 heterocycles. The molecule has 8 rings (SSSR count). The summed E-state index contributed by atoms with van der Waals surface area (Å²) in [7, 11) is 9.93. The van der Waals surface area contributed by atoms with Crippen molar-refractivity contribution in [1.29, 1.82) is 5.26 Å². The first-order valence-electron chi connectivity index (χ1n) is 18.0. The van der Waals surface area contributed by atoms with E-state index in [1.165, 1.54) is 33.4 Å². The Morgan fingerprint density at radius 2 is 1.04 bits per heavy atom. The maximum Gasteiger partial charge on any atom is 0.163 e. The lowest BCUT2D eigenvalue weighted by Gasteiger charge is -2.42. The van der Waals surface area contributed by atoms with Crippen molar-refractivity contribution in [2.24, 2.45) is 0 Å². The summed E-state index contributed by atoms with van der Waals surface area (Å²) in [6, 6.07) is 19.4. The van der Waals surface area contributed by atoms with Crippen molar-refractivity contribution in [2.75, 3.05) is 55.7 Å². The van der Waals surface area contributed by atoms with Crippen LogP contribution in [0.25, 0.3) is 0 Å². The van der Waals surface area contributed by atoms with Gasteiger partial charge in [0.15, 0.2) is 28.8 Å². The van der Waals surface area contributed by atoms with Gasteiger partial charge in [-0.05, 0) is 114 Å². The second-order valence-corrected chi connectivity index (χ2v) is 13.9. The van der Waals surface area contributed by atoms with Crippen LogP contribution in [0, 0.1) is 11.3 Å². The zero-order valence-electron chi connectivity index (χ0n) is 31.6. The minimum atomic E-state index is 0.0611. The molecule has 53 heavy (non-hydrogen) atoms. The summed E-state index contributed by atoms with van der Waals surface area (Å²) in [5.74, 6) is 4.49. The van der Waals surface area contributed by atoms with E-state index in [4.69, 9.17) is 28.4 Å². The summed E-state index contributed by atoms with van der Waals surface area (Å²) in [6.07, 6.45) is 3.69. The average Bonchev–Trinajstić information content (AvgIpc) is 3.20. The minimum absolute atomic E-state index is 0.0611. The van der Waals surface area contributed by atoms with Gasteiger partial charge < -0.3 is 28.4 Å². The lowest BCUT2D eigenvalue weighted by Crippen LogP contribution is -2.40. The molecule has 0 saturated heterocycles. The summed E-state index contributed by atoms with van der Waals surface area (Å²) in [4.78, 5) is 17.2. The summed E-state index contributed by atoms with van der Waals surface area (Å²) in [6.45, 7) is 5.08. The monoisotopic (exact) mass is 717 g/mol. The molecule has 0 spiro atoms. The molecule has 0 saturated carbocycles. The second kappa shape index (κ2) is 15.0. The number of benzene rings is 4. The topological polar surface area (TPSA) is 103 Å². The van der Waals surface area contributed by atoms with Gasteiger partial charge in [-0.1, -0.05) is 12.1 Å². The van der Waals surface area contributed by atoms with Crippen molar-refractivity contribution < 1.29 is 33.2 Å². The smallest absolute Gasteiger partial charge is 0.163 e. The van der Waals surface area contributed by atoms with Gasteiger partial charge in [-0.25, -0.2) is 0 Å². The molecular formula is C43H47N3O7. The van der Waals surface area contributed by atoms with Gasteiger partial charge in [0.2, 0.25) is 0 Å². The van der Waals surface area contributed by atoms with Gasteiger partial charge >= 0.3 is 0 Å². The first kappa shape index (κ1) is 36.1. The van der Waals surface area contributed by atoms with Gasteiger partial charge in [-0.15, -0.1) is 0 Å². The van der Waals surface area contributed by atoms with Crippen molar-refractivity contribution in [3.8, 4) is 40.6 Å². The van der Waals surface area contributed by atoms with Crippen LogP contribution in [0.1, 0.15) is 79.4 Å². The predicted octanol–water partition coefficient (Wildman–Crippen LogP) is 6.81. The zero-order chi connectivity index (χ0) is 37.4. The Kier molecular flexibility index (Phi) is 10.2. The van der Waals surface area contributed by atoms with Gasteiger partial charge in [0.1, 0.15) is 17.6 Å². The van der Waals surface area contributed by atoms with E-state index in [9.17, 15) is 10.1 Å². The lowest BCUT2D eigenvalue weighted by molar-refractivity contribution is 0.100. The molecule has 10 nitrogen and oxygen atoms in total. The molecule has 4 aliphatic heterocycles. The average molecular weight is 718 g/mol. The first-order chi connectivity index (χ1) is 25.8. The normalized spacial score (nSPS) is 18.2. The number of ketones is 1. The van der Waals surface area contributed by atoms with Crippen molar-refractivity contribution in [1.82, 2.24) is 9.80 Å². The molecule has 4 aliphatic rings. The molecule has 0 N–H and O–H groups in total. The molecule has 0 bridgehead atoms. The van der Waals surface area contributed by atoms with E-state index in [-0.39, 0.29) is 11.8 Å². The highest BCUT2D eigenvalue weighted by Gasteiger charge is 2.36. The molecule has 0 radical (unpaired) electrons. The molecule has 0 fully saturated rings. The highest BCUT2D eigenvalue weighted by molar-refractivity contribution is 5.98. The number of rotatable bonds is 7. The van der Waals surface area contributed by atoms with Crippen LogP contribution in [0.15, 0.2) is 48.5 Å². The molecule has 4 aromatic carbocycles. The number of Topliss-reactive ketones (excluding diaryl/α,β-unsaturated/α-hetero) is 1. The Balaban J connectivity index is 0.000000164. The van der Waals surface area contributed by atoms with Crippen LogP contribution in [0.5, 0.6) is 34.5 Å². The Morgan fingerprint density at radius 1 is 0.604 bits per heavy atom. The number of hydrogen-bond donors (Lipinski definition) is 0. The first-order valence-corrected chi connectivity index (χ1v) is 18.0. The summed E-state index contributed by atoms with van der Waals surface area (Å²) >= 11 is 0. The number of carbonyl (C=O) groups excluding carboxylic acids is 1. The van der Waals surface area contributed by atoms with Crippen molar-refractivity contribution >= 4 is 5.78 Å². The van der Waals surface area contributed by atoms with Gasteiger partial charge in [0, 0.05) is 38.3 Å². The lowest BCUT2D eigenvalue weighted by atomic mass is 9.82. The third-order valence-corrected chi connectivity index (χ3v) is 11.4. The second-order valence-electron chi connectivity index (χ2n) is 13.9. The van der Waals surface area contributed by atoms with E-state index in [2.05, 4.69) is 52.3 Å². The zero-order valence-corrected chi connectivity index (χ0v) is 31.6. The third-order valence-electron chi connectivity index (χ3n) is 11.4. The Hall–Kier alpha value is -5.24. The molecule has 276 valence electrons. The molecule has 4 aromatic rings. The highest BCUT2D eigenvalue weighted by Crippen LogP contribution is 2.45. The molecule has 0 amide bonds. The van der Waals surface area contributed by atoms with Crippen LogP contribution in [-0.2, 0) is 38.8 Å². The summed E-state index contributed by atoms with van der Waals surface area (Å²) in [5, 5.41) is 9.61. The van der Waals surface area contributed by atoms with Gasteiger partial charge in [-0.3, -0.25) is 14.6 Å². The van der Waals surface area contributed by atoms with E-state index in [1.807, 2.05) is 12.1 Å². The van der Waals surface area contributed by atoms with Crippen molar-refractivity contribution in [3.05, 3.63) is 104 Å². The summed E-state index contributed by atoms with van der Waals surface area (Å²) < 4.78 is 32.8.